The van der Waals surface area contributed by atoms with Gasteiger partial charge in [0.25, 0.3) is 0 Å². The summed E-state index contributed by atoms with van der Waals surface area (Å²) in [5.74, 6) is -0.338. The number of unbranched alkanes of at least 4 members (excludes halogenated alkanes) is 24. The van der Waals surface area contributed by atoms with Crippen LogP contribution >= 0.6 is 7.82 Å². The van der Waals surface area contributed by atoms with Gasteiger partial charge in [-0.1, -0.05) is 190 Å². The first-order valence-electron chi connectivity index (χ1n) is 24.8. The average molecular weight is 864 g/mol. The minimum atomic E-state index is -4.29. The Morgan fingerprint density at radius 1 is 0.500 bits per heavy atom. The predicted octanol–water partition coefficient (Wildman–Crippen LogP) is 15.3. The second-order valence-corrected chi connectivity index (χ2v) is 17.8. The maximum atomic E-state index is 12.6. The van der Waals surface area contributed by atoms with Crippen LogP contribution < -0.4 is 5.73 Å². The molecule has 0 aliphatic heterocycles. The summed E-state index contributed by atoms with van der Waals surface area (Å²) in [7, 11) is -4.29. The molecular formula is C51H94NO7P. The smallest absolute Gasteiger partial charge is 0.457 e. The summed E-state index contributed by atoms with van der Waals surface area (Å²) < 4.78 is 33.6. The Morgan fingerprint density at radius 3 is 1.35 bits per heavy atom. The van der Waals surface area contributed by atoms with E-state index >= 15 is 0 Å². The van der Waals surface area contributed by atoms with Crippen LogP contribution in [0.25, 0.3) is 0 Å². The highest BCUT2D eigenvalue weighted by Gasteiger charge is 2.25. The molecule has 2 unspecified atom stereocenters. The van der Waals surface area contributed by atoms with E-state index in [9.17, 15) is 14.3 Å². The third-order valence-corrected chi connectivity index (χ3v) is 11.4. The van der Waals surface area contributed by atoms with Gasteiger partial charge >= 0.3 is 13.8 Å². The first-order valence-corrected chi connectivity index (χ1v) is 26.3. The van der Waals surface area contributed by atoms with E-state index in [0.717, 1.165) is 57.8 Å². The molecule has 0 aromatic rings. The van der Waals surface area contributed by atoms with Crippen molar-refractivity contribution in [3.05, 3.63) is 60.8 Å². The number of rotatable bonds is 47. The van der Waals surface area contributed by atoms with Gasteiger partial charge in [0.15, 0.2) is 0 Å². The lowest BCUT2D eigenvalue weighted by Gasteiger charge is -2.20. The highest BCUT2D eigenvalue weighted by molar-refractivity contribution is 7.47. The average Bonchev–Trinajstić information content (AvgIpc) is 3.24. The Kier molecular flexibility index (Phi) is 46.8. The summed E-state index contributed by atoms with van der Waals surface area (Å²) in [4.78, 5) is 22.6. The molecule has 9 heteroatoms. The van der Waals surface area contributed by atoms with Crippen molar-refractivity contribution in [1.82, 2.24) is 0 Å². The number of hydrogen-bond donors (Lipinski definition) is 2. The first kappa shape index (κ1) is 58.2. The lowest BCUT2D eigenvalue weighted by atomic mass is 10.1. The molecule has 350 valence electrons. The zero-order chi connectivity index (χ0) is 43.7. The lowest BCUT2D eigenvalue weighted by molar-refractivity contribution is -0.154. The molecule has 0 saturated heterocycles. The quantitative estimate of drug-likeness (QED) is 0.0269. The number of esters is 1. The molecule has 2 atom stereocenters. The van der Waals surface area contributed by atoms with Gasteiger partial charge in [0, 0.05) is 19.6 Å². The fraction of sp³-hybridized carbons (Fsp3) is 0.784. The molecule has 0 saturated carbocycles. The molecule has 0 bridgehead atoms. The fourth-order valence-electron chi connectivity index (χ4n) is 6.74. The van der Waals surface area contributed by atoms with Gasteiger partial charge in [-0.2, -0.15) is 0 Å². The highest BCUT2D eigenvalue weighted by Crippen LogP contribution is 2.43. The molecule has 0 radical (unpaired) electrons. The Labute approximate surface area is 370 Å². The lowest BCUT2D eigenvalue weighted by Crippen LogP contribution is -2.28. The third-order valence-electron chi connectivity index (χ3n) is 10.4. The first-order chi connectivity index (χ1) is 29.4. The van der Waals surface area contributed by atoms with E-state index in [1.165, 1.54) is 141 Å². The van der Waals surface area contributed by atoms with Gasteiger partial charge < -0.3 is 20.1 Å². The Balaban J connectivity index is 4.00. The number of phosphoric ester groups is 1. The van der Waals surface area contributed by atoms with E-state index < -0.39 is 13.9 Å². The molecule has 0 rings (SSSR count). The summed E-state index contributed by atoms with van der Waals surface area (Å²) >= 11 is 0. The summed E-state index contributed by atoms with van der Waals surface area (Å²) in [6.45, 7) is 4.87. The molecule has 0 fully saturated rings. The van der Waals surface area contributed by atoms with Crippen LogP contribution in [0.5, 0.6) is 0 Å². The number of hydrogen-bond acceptors (Lipinski definition) is 7. The second-order valence-electron chi connectivity index (χ2n) is 16.3. The predicted molar refractivity (Wildman–Crippen MR) is 256 cm³/mol. The van der Waals surface area contributed by atoms with Crippen molar-refractivity contribution in [3.8, 4) is 0 Å². The standard InChI is InChI=1S/C51H94NO7P/c1-3-5-7-9-11-13-15-17-19-21-23-25-26-28-30-32-34-36-38-40-42-44-51(53)59-50(49-58-60(54,55)57-47-45-52)48-56-46-43-41-39-37-35-33-31-29-27-24-22-20-18-16-14-12-10-8-6-4-2/h12,14-15,17-18,20-21,23-24,27,50H,3-11,13,16,19,22,25-26,28-49,52H2,1-2H3,(H,54,55)/b14-12-,17-15-,20-18-,23-21-,27-24-. The van der Waals surface area contributed by atoms with Crippen LogP contribution in [0.4, 0.5) is 0 Å². The largest absolute Gasteiger partial charge is 0.472 e. The summed E-state index contributed by atoms with van der Waals surface area (Å²) in [6.07, 6.45) is 59.6. The normalized spacial score (nSPS) is 13.9. The maximum absolute atomic E-state index is 12.6. The molecule has 0 aliphatic carbocycles. The molecular weight excluding hydrogens is 770 g/mol. The van der Waals surface area contributed by atoms with E-state index in [1.54, 1.807) is 0 Å². The molecule has 0 aliphatic rings. The summed E-state index contributed by atoms with van der Waals surface area (Å²) in [6, 6.07) is 0. The van der Waals surface area contributed by atoms with E-state index in [-0.39, 0.29) is 32.3 Å². The number of phosphoric acid groups is 1. The number of carbonyl (C=O) groups is 1. The van der Waals surface area contributed by atoms with Crippen LogP contribution in [0.2, 0.25) is 0 Å². The number of nitrogens with two attached hydrogens (primary N) is 1. The second kappa shape index (κ2) is 48.2. The van der Waals surface area contributed by atoms with Crippen molar-refractivity contribution in [3.63, 3.8) is 0 Å². The molecule has 0 aromatic carbocycles. The molecule has 0 heterocycles. The van der Waals surface area contributed by atoms with Crippen molar-refractivity contribution in [2.24, 2.45) is 5.73 Å². The van der Waals surface area contributed by atoms with Crippen LogP contribution in [0.3, 0.4) is 0 Å². The third kappa shape index (κ3) is 47.3. The van der Waals surface area contributed by atoms with Gasteiger partial charge in [-0.3, -0.25) is 13.8 Å². The van der Waals surface area contributed by atoms with Gasteiger partial charge in [-0.25, -0.2) is 4.57 Å². The van der Waals surface area contributed by atoms with Gasteiger partial charge in [0.2, 0.25) is 0 Å². The van der Waals surface area contributed by atoms with Crippen molar-refractivity contribution in [2.75, 3.05) is 33.0 Å². The number of allylic oxidation sites excluding steroid dienone is 10. The van der Waals surface area contributed by atoms with Crippen molar-refractivity contribution >= 4 is 13.8 Å². The van der Waals surface area contributed by atoms with Crippen LogP contribution in [0.1, 0.15) is 219 Å². The number of carbonyl (C=O) groups excluding carboxylic acids is 1. The van der Waals surface area contributed by atoms with Crippen LogP contribution in [0.15, 0.2) is 60.8 Å². The Bertz CT molecular complexity index is 1110. The van der Waals surface area contributed by atoms with Crippen LogP contribution in [0, 0.1) is 0 Å². The Hall–Kier alpha value is -1.80. The van der Waals surface area contributed by atoms with E-state index in [2.05, 4.69) is 74.6 Å². The molecule has 0 amide bonds. The van der Waals surface area contributed by atoms with Crippen molar-refractivity contribution < 1.29 is 32.8 Å². The zero-order valence-corrected chi connectivity index (χ0v) is 39.8. The Morgan fingerprint density at radius 2 is 0.883 bits per heavy atom. The molecule has 60 heavy (non-hydrogen) atoms. The zero-order valence-electron chi connectivity index (χ0n) is 38.9. The number of ether oxygens (including phenoxy) is 2. The topological polar surface area (TPSA) is 117 Å². The van der Waals surface area contributed by atoms with E-state index in [4.69, 9.17) is 24.3 Å². The van der Waals surface area contributed by atoms with Crippen molar-refractivity contribution in [2.45, 2.75) is 225 Å². The highest BCUT2D eigenvalue weighted by atomic mass is 31.2. The molecule has 3 N–H and O–H groups in total. The summed E-state index contributed by atoms with van der Waals surface area (Å²) in [5.41, 5.74) is 5.38. The van der Waals surface area contributed by atoms with E-state index in [0.29, 0.717) is 13.0 Å². The van der Waals surface area contributed by atoms with Crippen LogP contribution in [-0.2, 0) is 27.9 Å². The minimum absolute atomic E-state index is 0.0956. The van der Waals surface area contributed by atoms with Gasteiger partial charge in [0.1, 0.15) is 6.10 Å². The monoisotopic (exact) mass is 864 g/mol. The fourth-order valence-corrected chi connectivity index (χ4v) is 7.51. The van der Waals surface area contributed by atoms with Gasteiger partial charge in [-0.05, 0) is 83.5 Å². The van der Waals surface area contributed by atoms with Gasteiger partial charge in [0.05, 0.1) is 19.8 Å². The van der Waals surface area contributed by atoms with Crippen molar-refractivity contribution in [1.29, 1.82) is 0 Å². The van der Waals surface area contributed by atoms with Crippen LogP contribution in [-0.4, -0.2) is 49.9 Å². The molecule has 0 spiro atoms. The summed E-state index contributed by atoms with van der Waals surface area (Å²) in [5, 5.41) is 0. The van der Waals surface area contributed by atoms with Gasteiger partial charge in [-0.15, -0.1) is 0 Å². The SMILES string of the molecule is CCCCC/C=C\C/C=C\C/C=C\CCCCCCCCCOCC(COP(=O)(O)OCCN)OC(=O)CCCCCCCCCCC/C=C\C/C=C\CCCCCCC. The van der Waals surface area contributed by atoms with E-state index in [1.807, 2.05) is 0 Å². The maximum Gasteiger partial charge on any atom is 0.472 e. The molecule has 8 nitrogen and oxygen atoms in total. The minimum Gasteiger partial charge on any atom is -0.457 e. The molecule has 0 aromatic heterocycles.